The second-order valence-corrected chi connectivity index (χ2v) is 4.22. The van der Waals surface area contributed by atoms with Gasteiger partial charge in [0.2, 0.25) is 0 Å². The van der Waals surface area contributed by atoms with Crippen molar-refractivity contribution in [2.24, 2.45) is 0 Å². The van der Waals surface area contributed by atoms with E-state index >= 15 is 0 Å². The van der Waals surface area contributed by atoms with E-state index in [1.54, 1.807) is 0 Å². The molecule has 1 N–H and O–H groups in total. The maximum Gasteiger partial charge on any atom is 0.275 e. The van der Waals surface area contributed by atoms with E-state index in [9.17, 15) is 4.79 Å². The molecule has 2 aromatic carbocycles. The van der Waals surface area contributed by atoms with Crippen molar-refractivity contribution in [3.8, 4) is 22.6 Å². The molecule has 0 aliphatic rings. The van der Waals surface area contributed by atoms with Crippen LogP contribution in [0.4, 0.5) is 0 Å². The molecule has 20 heavy (non-hydrogen) atoms. The summed E-state index contributed by atoms with van der Waals surface area (Å²) in [5, 5.41) is 6.24. The SMILES string of the molecule is O=c1[nH]ncc(Oc2ccccc2)c1-c1ccccc1. The Kier molecular flexibility index (Phi) is 3.29. The molecule has 0 bridgehead atoms. The number of aromatic amines is 1. The third kappa shape index (κ3) is 2.44. The van der Waals surface area contributed by atoms with E-state index in [0.29, 0.717) is 17.1 Å². The van der Waals surface area contributed by atoms with E-state index in [2.05, 4.69) is 10.2 Å². The summed E-state index contributed by atoms with van der Waals surface area (Å²) in [5.74, 6) is 1.10. The minimum absolute atomic E-state index is 0.273. The number of para-hydroxylation sites is 1. The molecule has 1 heterocycles. The third-order valence-corrected chi connectivity index (χ3v) is 2.85. The Labute approximate surface area is 115 Å². The smallest absolute Gasteiger partial charge is 0.275 e. The molecule has 0 aliphatic carbocycles. The Balaban J connectivity index is 2.08. The van der Waals surface area contributed by atoms with E-state index < -0.39 is 0 Å². The molecule has 0 atom stereocenters. The van der Waals surface area contributed by atoms with Gasteiger partial charge < -0.3 is 4.74 Å². The summed E-state index contributed by atoms with van der Waals surface area (Å²) >= 11 is 0. The fourth-order valence-electron chi connectivity index (χ4n) is 1.95. The highest BCUT2D eigenvalue weighted by Gasteiger charge is 2.12. The van der Waals surface area contributed by atoms with Crippen LogP contribution < -0.4 is 10.3 Å². The fraction of sp³-hybridized carbons (Fsp3) is 0. The van der Waals surface area contributed by atoms with Gasteiger partial charge in [-0.25, -0.2) is 5.10 Å². The van der Waals surface area contributed by atoms with Crippen molar-refractivity contribution in [3.05, 3.63) is 77.2 Å². The molecule has 0 saturated carbocycles. The first kappa shape index (κ1) is 12.2. The van der Waals surface area contributed by atoms with Crippen molar-refractivity contribution < 1.29 is 4.74 Å². The van der Waals surface area contributed by atoms with Gasteiger partial charge in [-0.3, -0.25) is 4.79 Å². The normalized spacial score (nSPS) is 10.2. The van der Waals surface area contributed by atoms with Gasteiger partial charge >= 0.3 is 0 Å². The first-order chi connectivity index (χ1) is 9.84. The number of hydrogen-bond acceptors (Lipinski definition) is 3. The van der Waals surface area contributed by atoms with Crippen LogP contribution in [-0.2, 0) is 0 Å². The zero-order chi connectivity index (χ0) is 13.8. The topological polar surface area (TPSA) is 55.0 Å². The highest BCUT2D eigenvalue weighted by atomic mass is 16.5. The molecular weight excluding hydrogens is 252 g/mol. The van der Waals surface area contributed by atoms with Crippen LogP contribution in [0.25, 0.3) is 11.1 Å². The van der Waals surface area contributed by atoms with Gasteiger partial charge in [-0.05, 0) is 17.7 Å². The quantitative estimate of drug-likeness (QED) is 0.790. The molecule has 4 nitrogen and oxygen atoms in total. The summed E-state index contributed by atoms with van der Waals surface area (Å²) in [6, 6.07) is 18.7. The van der Waals surface area contributed by atoms with Crippen molar-refractivity contribution in [2.45, 2.75) is 0 Å². The molecule has 4 heteroatoms. The Morgan fingerprint density at radius 1 is 0.900 bits per heavy atom. The lowest BCUT2D eigenvalue weighted by Crippen LogP contribution is -2.11. The van der Waals surface area contributed by atoms with E-state index in [0.717, 1.165) is 5.56 Å². The highest BCUT2D eigenvalue weighted by Crippen LogP contribution is 2.29. The van der Waals surface area contributed by atoms with Crippen LogP contribution in [0.5, 0.6) is 11.5 Å². The maximum absolute atomic E-state index is 12.0. The summed E-state index contributed by atoms with van der Waals surface area (Å²) in [6.07, 6.45) is 1.51. The average molecular weight is 264 g/mol. The minimum atomic E-state index is -0.273. The highest BCUT2D eigenvalue weighted by molar-refractivity contribution is 5.69. The van der Waals surface area contributed by atoms with Crippen molar-refractivity contribution >= 4 is 0 Å². The van der Waals surface area contributed by atoms with Gasteiger partial charge in [0.1, 0.15) is 5.75 Å². The molecule has 3 rings (SSSR count). The average Bonchev–Trinajstić information content (AvgIpc) is 2.49. The number of nitrogens with zero attached hydrogens (tertiary/aromatic N) is 1. The molecule has 0 saturated heterocycles. The molecule has 0 aliphatic heterocycles. The second-order valence-electron chi connectivity index (χ2n) is 4.22. The summed E-state index contributed by atoms with van der Waals surface area (Å²) in [5.41, 5.74) is 0.996. The third-order valence-electron chi connectivity index (χ3n) is 2.85. The predicted octanol–water partition coefficient (Wildman–Crippen LogP) is 3.23. The first-order valence-electron chi connectivity index (χ1n) is 6.20. The van der Waals surface area contributed by atoms with Crippen LogP contribution in [-0.4, -0.2) is 10.2 Å². The van der Waals surface area contributed by atoms with Gasteiger partial charge in [-0.1, -0.05) is 48.5 Å². The van der Waals surface area contributed by atoms with Crippen molar-refractivity contribution in [3.63, 3.8) is 0 Å². The van der Waals surface area contributed by atoms with E-state index in [-0.39, 0.29) is 5.56 Å². The van der Waals surface area contributed by atoms with Crippen molar-refractivity contribution in [1.82, 2.24) is 10.2 Å². The van der Waals surface area contributed by atoms with E-state index in [1.165, 1.54) is 6.20 Å². The molecule has 1 aromatic heterocycles. The van der Waals surface area contributed by atoms with Gasteiger partial charge in [0.25, 0.3) is 5.56 Å². The van der Waals surface area contributed by atoms with Gasteiger partial charge in [0, 0.05) is 0 Å². The lowest BCUT2D eigenvalue weighted by Gasteiger charge is -2.09. The summed E-state index contributed by atoms with van der Waals surface area (Å²) in [4.78, 5) is 12.0. The van der Waals surface area contributed by atoms with Crippen LogP contribution in [0.2, 0.25) is 0 Å². The van der Waals surface area contributed by atoms with Crippen molar-refractivity contribution in [2.75, 3.05) is 0 Å². The van der Waals surface area contributed by atoms with Gasteiger partial charge in [0.05, 0.1) is 11.8 Å². The van der Waals surface area contributed by atoms with Crippen LogP contribution in [0.1, 0.15) is 0 Å². The number of rotatable bonds is 3. The van der Waals surface area contributed by atoms with Crippen LogP contribution in [0.3, 0.4) is 0 Å². The predicted molar refractivity (Wildman–Crippen MR) is 76.8 cm³/mol. The second kappa shape index (κ2) is 5.40. The molecule has 0 spiro atoms. The number of benzene rings is 2. The lowest BCUT2D eigenvalue weighted by molar-refractivity contribution is 0.479. The summed E-state index contributed by atoms with van der Waals surface area (Å²) in [7, 11) is 0. The molecule has 3 aromatic rings. The largest absolute Gasteiger partial charge is 0.455 e. The van der Waals surface area contributed by atoms with Gasteiger partial charge in [-0.15, -0.1) is 0 Å². The zero-order valence-corrected chi connectivity index (χ0v) is 10.6. The maximum atomic E-state index is 12.0. The lowest BCUT2D eigenvalue weighted by atomic mass is 10.1. The zero-order valence-electron chi connectivity index (χ0n) is 10.6. The monoisotopic (exact) mass is 264 g/mol. The summed E-state index contributed by atoms with van der Waals surface area (Å²) < 4.78 is 5.76. The Morgan fingerprint density at radius 3 is 2.25 bits per heavy atom. The van der Waals surface area contributed by atoms with Gasteiger partial charge in [0.15, 0.2) is 5.75 Å². The number of aromatic nitrogens is 2. The van der Waals surface area contributed by atoms with Crippen LogP contribution in [0, 0.1) is 0 Å². The van der Waals surface area contributed by atoms with Crippen LogP contribution >= 0.6 is 0 Å². The van der Waals surface area contributed by atoms with E-state index in [1.807, 2.05) is 60.7 Å². The first-order valence-corrected chi connectivity index (χ1v) is 6.20. The van der Waals surface area contributed by atoms with E-state index in [4.69, 9.17) is 4.74 Å². The molecule has 98 valence electrons. The Hall–Kier alpha value is -2.88. The van der Waals surface area contributed by atoms with Gasteiger partial charge in [-0.2, -0.15) is 5.10 Å². The standard InChI is InChI=1S/C16H12N2O2/c19-16-15(12-7-3-1-4-8-12)14(11-17-18-16)20-13-9-5-2-6-10-13/h1-11H,(H,18,19). The number of H-pyrrole nitrogens is 1. The van der Waals surface area contributed by atoms with Crippen molar-refractivity contribution in [1.29, 1.82) is 0 Å². The molecule has 0 amide bonds. The number of ether oxygens (including phenoxy) is 1. The molecule has 0 radical (unpaired) electrons. The number of hydrogen-bond donors (Lipinski definition) is 1. The Morgan fingerprint density at radius 2 is 1.55 bits per heavy atom. The molecule has 0 fully saturated rings. The molecular formula is C16H12N2O2. The summed E-state index contributed by atoms with van der Waals surface area (Å²) in [6.45, 7) is 0. The van der Waals surface area contributed by atoms with Crippen LogP contribution in [0.15, 0.2) is 71.7 Å². The Bertz CT molecular complexity index is 752. The number of nitrogens with one attached hydrogen (secondary N) is 1. The fourth-order valence-corrected chi connectivity index (χ4v) is 1.95. The minimum Gasteiger partial charge on any atom is -0.455 e. The molecule has 0 unspecified atom stereocenters.